The maximum absolute atomic E-state index is 9.12. The summed E-state index contributed by atoms with van der Waals surface area (Å²) in [6, 6.07) is 1.92. The van der Waals surface area contributed by atoms with Crippen molar-refractivity contribution in [3.8, 4) is 0 Å². The Morgan fingerprint density at radius 2 is 2.06 bits per heavy atom. The van der Waals surface area contributed by atoms with Crippen LogP contribution >= 0.6 is 0 Å². The lowest BCUT2D eigenvalue weighted by molar-refractivity contribution is 0.184. The Balaban J connectivity index is 1.89. The van der Waals surface area contributed by atoms with Gasteiger partial charge in [-0.05, 0) is 51.0 Å². The maximum Gasteiger partial charge on any atom is 0.0445 e. The Morgan fingerprint density at radius 3 is 2.72 bits per heavy atom. The molecule has 2 rings (SSSR count). The van der Waals surface area contributed by atoms with Gasteiger partial charge in [-0.15, -0.1) is 0 Å². The van der Waals surface area contributed by atoms with E-state index in [-0.39, 0.29) is 0 Å². The molecule has 106 valence electrons. The van der Waals surface area contributed by atoms with Gasteiger partial charge in [0, 0.05) is 24.7 Å². The fourth-order valence-corrected chi connectivity index (χ4v) is 3.79. The molecule has 0 bridgehead atoms. The van der Waals surface area contributed by atoms with Gasteiger partial charge in [-0.3, -0.25) is 0 Å². The van der Waals surface area contributed by atoms with Crippen LogP contribution in [0.1, 0.15) is 58.3 Å². The summed E-state index contributed by atoms with van der Waals surface area (Å²) in [5.41, 5.74) is 0. The topological polar surface area (TPSA) is 44.3 Å². The summed E-state index contributed by atoms with van der Waals surface area (Å²) in [5.74, 6) is 0.814. The van der Waals surface area contributed by atoms with Crippen molar-refractivity contribution < 1.29 is 5.11 Å². The molecule has 0 aromatic rings. The van der Waals surface area contributed by atoms with E-state index in [0.29, 0.717) is 18.7 Å². The van der Waals surface area contributed by atoms with Crippen molar-refractivity contribution in [1.82, 2.24) is 10.6 Å². The summed E-state index contributed by atoms with van der Waals surface area (Å²) >= 11 is 0. The number of rotatable bonds is 6. The van der Waals surface area contributed by atoms with Crippen LogP contribution in [0.15, 0.2) is 0 Å². The van der Waals surface area contributed by atoms with Gasteiger partial charge in [-0.1, -0.05) is 19.8 Å². The van der Waals surface area contributed by atoms with E-state index < -0.39 is 0 Å². The first kappa shape index (κ1) is 14.3. The lowest BCUT2D eigenvalue weighted by atomic mass is 9.78. The number of nitrogens with one attached hydrogen (secondary N) is 2. The highest BCUT2D eigenvalue weighted by atomic mass is 16.3. The third-order valence-corrected chi connectivity index (χ3v) is 4.85. The molecule has 1 saturated carbocycles. The van der Waals surface area contributed by atoms with Gasteiger partial charge in [0.05, 0.1) is 0 Å². The highest BCUT2D eigenvalue weighted by Crippen LogP contribution is 2.31. The molecule has 3 heteroatoms. The van der Waals surface area contributed by atoms with E-state index in [1.165, 1.54) is 45.1 Å². The second kappa shape index (κ2) is 7.46. The third kappa shape index (κ3) is 3.69. The lowest BCUT2D eigenvalue weighted by Gasteiger charge is -2.38. The number of hydrogen-bond acceptors (Lipinski definition) is 3. The summed E-state index contributed by atoms with van der Waals surface area (Å²) in [7, 11) is 0. The van der Waals surface area contributed by atoms with E-state index in [4.69, 9.17) is 5.11 Å². The van der Waals surface area contributed by atoms with Gasteiger partial charge < -0.3 is 15.7 Å². The van der Waals surface area contributed by atoms with Crippen LogP contribution in [0.4, 0.5) is 0 Å². The number of aliphatic hydroxyl groups is 1. The molecule has 18 heavy (non-hydrogen) atoms. The molecule has 4 unspecified atom stereocenters. The van der Waals surface area contributed by atoms with Gasteiger partial charge in [0.1, 0.15) is 0 Å². The Bertz CT molecular complexity index is 229. The molecular weight excluding hydrogens is 224 g/mol. The van der Waals surface area contributed by atoms with E-state index in [2.05, 4.69) is 17.6 Å². The van der Waals surface area contributed by atoms with Crippen molar-refractivity contribution in [3.63, 3.8) is 0 Å². The first-order valence-corrected chi connectivity index (χ1v) is 7.95. The fraction of sp³-hybridized carbons (Fsp3) is 1.00. The number of hydrogen-bond donors (Lipinski definition) is 3. The molecule has 0 spiro atoms. The molecule has 1 aliphatic carbocycles. The highest BCUT2D eigenvalue weighted by molar-refractivity contribution is 4.92. The maximum atomic E-state index is 9.12. The van der Waals surface area contributed by atoms with E-state index in [1.54, 1.807) is 0 Å². The summed E-state index contributed by atoms with van der Waals surface area (Å²) in [4.78, 5) is 0. The van der Waals surface area contributed by atoms with Crippen molar-refractivity contribution >= 4 is 0 Å². The second-order valence-electron chi connectivity index (χ2n) is 6.04. The summed E-state index contributed by atoms with van der Waals surface area (Å²) in [5, 5.41) is 16.6. The normalized spacial score (nSPS) is 34.7. The minimum absolute atomic E-state index is 0.310. The second-order valence-corrected chi connectivity index (χ2v) is 6.04. The summed E-state index contributed by atoms with van der Waals surface area (Å²) in [6.45, 7) is 3.74. The average molecular weight is 254 g/mol. The molecule has 1 aliphatic heterocycles. The fourth-order valence-electron chi connectivity index (χ4n) is 3.79. The van der Waals surface area contributed by atoms with E-state index in [9.17, 15) is 0 Å². The Morgan fingerprint density at radius 1 is 1.22 bits per heavy atom. The summed E-state index contributed by atoms with van der Waals surface area (Å²) in [6.07, 6.45) is 10.2. The Kier molecular flexibility index (Phi) is 5.93. The van der Waals surface area contributed by atoms with Crippen LogP contribution in [0.2, 0.25) is 0 Å². The molecule has 0 radical (unpaired) electrons. The van der Waals surface area contributed by atoms with Crippen LogP contribution in [0.5, 0.6) is 0 Å². The highest BCUT2D eigenvalue weighted by Gasteiger charge is 2.33. The van der Waals surface area contributed by atoms with Crippen molar-refractivity contribution in [2.24, 2.45) is 5.92 Å². The van der Waals surface area contributed by atoms with E-state index in [0.717, 1.165) is 24.8 Å². The van der Waals surface area contributed by atoms with Gasteiger partial charge in [0.25, 0.3) is 0 Å². The molecule has 1 heterocycles. The predicted octanol–water partition coefficient (Wildman–Crippen LogP) is 2.05. The van der Waals surface area contributed by atoms with Gasteiger partial charge in [0.15, 0.2) is 0 Å². The third-order valence-electron chi connectivity index (χ3n) is 4.85. The quantitative estimate of drug-likeness (QED) is 0.680. The van der Waals surface area contributed by atoms with E-state index in [1.807, 2.05) is 0 Å². The van der Waals surface area contributed by atoms with Crippen LogP contribution in [-0.4, -0.2) is 36.4 Å². The largest absolute Gasteiger partial charge is 0.396 e. The van der Waals surface area contributed by atoms with Gasteiger partial charge in [0.2, 0.25) is 0 Å². The molecule has 0 aromatic heterocycles. The molecule has 4 atom stereocenters. The lowest BCUT2D eigenvalue weighted by Crippen LogP contribution is -2.50. The van der Waals surface area contributed by atoms with Crippen molar-refractivity contribution in [1.29, 1.82) is 0 Å². The first-order valence-electron chi connectivity index (χ1n) is 7.95. The van der Waals surface area contributed by atoms with Crippen molar-refractivity contribution in [3.05, 3.63) is 0 Å². The van der Waals surface area contributed by atoms with Crippen LogP contribution in [0, 0.1) is 5.92 Å². The minimum Gasteiger partial charge on any atom is -0.396 e. The zero-order valence-corrected chi connectivity index (χ0v) is 11.8. The molecule has 1 saturated heterocycles. The van der Waals surface area contributed by atoms with Crippen molar-refractivity contribution in [2.45, 2.75) is 76.4 Å². The zero-order valence-electron chi connectivity index (χ0n) is 11.8. The van der Waals surface area contributed by atoms with Crippen LogP contribution in [0.3, 0.4) is 0 Å². The Labute approximate surface area is 112 Å². The van der Waals surface area contributed by atoms with Gasteiger partial charge >= 0.3 is 0 Å². The summed E-state index contributed by atoms with van der Waals surface area (Å²) < 4.78 is 0. The standard InChI is InChI=1S/C15H30N2O/c1-2-12(9-11-18)17-15-7-4-3-6-13(15)14-8-5-10-16-14/h12-18H,2-11H2,1H3. The molecule has 3 nitrogen and oxygen atoms in total. The molecule has 3 N–H and O–H groups in total. The molecule has 0 aromatic carbocycles. The van der Waals surface area contributed by atoms with Crippen LogP contribution < -0.4 is 10.6 Å². The first-order chi connectivity index (χ1) is 8.85. The van der Waals surface area contributed by atoms with E-state index >= 15 is 0 Å². The number of aliphatic hydroxyl groups excluding tert-OH is 1. The predicted molar refractivity (Wildman–Crippen MR) is 75.7 cm³/mol. The van der Waals surface area contributed by atoms with Gasteiger partial charge in [-0.2, -0.15) is 0 Å². The molecular formula is C15H30N2O. The van der Waals surface area contributed by atoms with Gasteiger partial charge in [-0.25, -0.2) is 0 Å². The monoisotopic (exact) mass is 254 g/mol. The molecule has 0 amide bonds. The smallest absolute Gasteiger partial charge is 0.0445 e. The minimum atomic E-state index is 0.310. The van der Waals surface area contributed by atoms with Crippen LogP contribution in [-0.2, 0) is 0 Å². The SMILES string of the molecule is CCC(CCO)NC1CCCCC1C1CCCN1. The average Bonchev–Trinajstić information content (AvgIpc) is 2.92. The molecule has 2 aliphatic rings. The van der Waals surface area contributed by atoms with Crippen LogP contribution in [0.25, 0.3) is 0 Å². The Hall–Kier alpha value is -0.120. The van der Waals surface area contributed by atoms with Crippen molar-refractivity contribution in [2.75, 3.05) is 13.2 Å². The molecule has 2 fully saturated rings. The zero-order chi connectivity index (χ0) is 12.8.